The molecular weight excluding hydrogens is 356 g/mol. The van der Waals surface area contributed by atoms with E-state index < -0.39 is 10.0 Å². The summed E-state index contributed by atoms with van der Waals surface area (Å²) in [5.41, 5.74) is 1.13. The van der Waals surface area contributed by atoms with Gasteiger partial charge in [0.05, 0.1) is 11.3 Å². The first-order valence-corrected chi connectivity index (χ1v) is 9.80. The van der Waals surface area contributed by atoms with Crippen LogP contribution in [0.25, 0.3) is 0 Å². The number of para-hydroxylation sites is 2. The molecule has 0 atom stereocenters. The number of hydrogen-bond acceptors (Lipinski definition) is 4. The van der Waals surface area contributed by atoms with Crippen molar-refractivity contribution >= 4 is 38.6 Å². The van der Waals surface area contributed by atoms with E-state index in [0.29, 0.717) is 5.69 Å². The van der Waals surface area contributed by atoms with Crippen LogP contribution in [0.1, 0.15) is 15.2 Å². The van der Waals surface area contributed by atoms with Gasteiger partial charge >= 0.3 is 0 Å². The van der Waals surface area contributed by atoms with Gasteiger partial charge in [0, 0.05) is 10.6 Å². The molecule has 1 aromatic heterocycles. The highest BCUT2D eigenvalue weighted by molar-refractivity contribution is 7.94. The molecule has 0 aliphatic carbocycles. The molecule has 3 aromatic rings. The molecule has 128 valence electrons. The summed E-state index contributed by atoms with van der Waals surface area (Å²) in [7, 11) is -3.73. The van der Waals surface area contributed by atoms with Crippen molar-refractivity contribution in [2.75, 3.05) is 10.0 Å². The Bertz CT molecular complexity index is 996. The lowest BCUT2D eigenvalue weighted by Gasteiger charge is -2.12. The summed E-state index contributed by atoms with van der Waals surface area (Å²) in [5, 5.41) is 2.76. The van der Waals surface area contributed by atoms with E-state index in [1.54, 1.807) is 48.5 Å². The van der Waals surface area contributed by atoms with Gasteiger partial charge in [-0.15, -0.1) is 11.3 Å². The molecule has 25 heavy (non-hydrogen) atoms. The van der Waals surface area contributed by atoms with Crippen LogP contribution in [0, 0.1) is 6.92 Å². The Balaban J connectivity index is 1.87. The zero-order chi connectivity index (χ0) is 17.9. The Kier molecular flexibility index (Phi) is 4.87. The van der Waals surface area contributed by atoms with E-state index in [1.807, 2.05) is 25.1 Å². The summed E-state index contributed by atoms with van der Waals surface area (Å²) in [6.07, 6.45) is 0. The van der Waals surface area contributed by atoms with E-state index in [1.165, 1.54) is 11.3 Å². The van der Waals surface area contributed by atoms with E-state index in [9.17, 15) is 13.2 Å². The molecule has 7 heteroatoms. The van der Waals surface area contributed by atoms with Crippen LogP contribution >= 0.6 is 11.3 Å². The van der Waals surface area contributed by atoms with Gasteiger partial charge in [-0.05, 0) is 43.3 Å². The van der Waals surface area contributed by atoms with Crippen LogP contribution in [0.2, 0.25) is 0 Å². The average molecular weight is 372 g/mol. The van der Waals surface area contributed by atoms with Crippen molar-refractivity contribution in [1.29, 1.82) is 0 Å². The maximum atomic E-state index is 12.5. The first-order chi connectivity index (χ1) is 12.0. The van der Waals surface area contributed by atoms with Crippen LogP contribution in [0.5, 0.6) is 0 Å². The minimum atomic E-state index is -3.73. The fourth-order valence-electron chi connectivity index (χ4n) is 2.24. The number of benzene rings is 2. The van der Waals surface area contributed by atoms with Gasteiger partial charge in [-0.25, -0.2) is 8.42 Å². The second kappa shape index (κ2) is 7.08. The average Bonchev–Trinajstić information content (AvgIpc) is 3.03. The van der Waals surface area contributed by atoms with Crippen LogP contribution in [0.15, 0.2) is 70.9 Å². The Labute approximate surface area is 150 Å². The molecule has 0 saturated carbocycles. The predicted molar refractivity (Wildman–Crippen MR) is 101 cm³/mol. The second-order valence-corrected chi connectivity index (χ2v) is 8.53. The highest BCUT2D eigenvalue weighted by atomic mass is 32.2. The fraction of sp³-hybridized carbons (Fsp3) is 0.0556. The van der Waals surface area contributed by atoms with E-state index in [4.69, 9.17) is 0 Å². The molecule has 1 amide bonds. The Morgan fingerprint density at radius 2 is 1.60 bits per heavy atom. The van der Waals surface area contributed by atoms with E-state index in [2.05, 4.69) is 10.0 Å². The van der Waals surface area contributed by atoms with Crippen molar-refractivity contribution in [3.8, 4) is 0 Å². The van der Waals surface area contributed by atoms with Crippen LogP contribution in [0.4, 0.5) is 11.4 Å². The Morgan fingerprint density at radius 3 is 2.28 bits per heavy atom. The van der Waals surface area contributed by atoms with Crippen LogP contribution in [0.3, 0.4) is 0 Å². The van der Waals surface area contributed by atoms with E-state index in [-0.39, 0.29) is 21.4 Å². The van der Waals surface area contributed by atoms with Gasteiger partial charge < -0.3 is 5.32 Å². The summed E-state index contributed by atoms with van der Waals surface area (Å²) in [5.74, 6) is -0.383. The molecule has 0 unspecified atom stereocenters. The van der Waals surface area contributed by atoms with Gasteiger partial charge in [-0.3, -0.25) is 9.52 Å². The van der Waals surface area contributed by atoms with Crippen LogP contribution < -0.4 is 10.0 Å². The zero-order valence-corrected chi connectivity index (χ0v) is 15.0. The predicted octanol–water partition coefficient (Wildman–Crippen LogP) is 4.11. The van der Waals surface area contributed by atoms with Gasteiger partial charge in [0.25, 0.3) is 15.9 Å². The summed E-state index contributed by atoms with van der Waals surface area (Å²) >= 11 is 1.18. The molecule has 2 N–H and O–H groups in total. The quantitative estimate of drug-likeness (QED) is 0.708. The number of anilines is 2. The lowest BCUT2D eigenvalue weighted by molar-refractivity contribution is 0.102. The Hall–Kier alpha value is -2.64. The van der Waals surface area contributed by atoms with Crippen molar-refractivity contribution in [2.45, 2.75) is 11.1 Å². The first kappa shape index (κ1) is 17.2. The number of carbonyl (C=O) groups excluding carboxylic acids is 1. The summed E-state index contributed by atoms with van der Waals surface area (Å²) in [6, 6.07) is 18.8. The molecule has 2 aromatic carbocycles. The third-order valence-electron chi connectivity index (χ3n) is 3.43. The summed E-state index contributed by atoms with van der Waals surface area (Å²) in [6.45, 7) is 1.84. The number of hydrogen-bond donors (Lipinski definition) is 2. The van der Waals surface area contributed by atoms with Gasteiger partial charge in [-0.2, -0.15) is 0 Å². The maximum Gasteiger partial charge on any atom is 0.271 e. The molecular formula is C18H16N2O3S2. The molecule has 0 radical (unpaired) electrons. The lowest BCUT2D eigenvalue weighted by Crippen LogP contribution is -2.18. The number of nitrogens with one attached hydrogen (secondary N) is 2. The molecule has 0 aliphatic rings. The largest absolute Gasteiger partial charge is 0.322 e. The third kappa shape index (κ3) is 4.07. The smallest absolute Gasteiger partial charge is 0.271 e. The van der Waals surface area contributed by atoms with Crippen molar-refractivity contribution in [2.24, 2.45) is 0 Å². The topological polar surface area (TPSA) is 75.3 Å². The van der Waals surface area contributed by atoms with Crippen LogP contribution in [-0.2, 0) is 10.0 Å². The lowest BCUT2D eigenvalue weighted by atomic mass is 10.1. The molecule has 1 heterocycles. The van der Waals surface area contributed by atoms with Gasteiger partial charge in [0.15, 0.2) is 0 Å². The second-order valence-electron chi connectivity index (χ2n) is 5.34. The highest BCUT2D eigenvalue weighted by Crippen LogP contribution is 2.25. The number of aryl methyl sites for hydroxylation is 1. The fourth-order valence-corrected chi connectivity index (χ4v) is 4.60. The molecule has 0 bridgehead atoms. The molecule has 0 fully saturated rings. The number of thiophene rings is 1. The maximum absolute atomic E-state index is 12.5. The van der Waals surface area contributed by atoms with E-state index >= 15 is 0 Å². The third-order valence-corrected chi connectivity index (χ3v) is 6.29. The minimum absolute atomic E-state index is 0.211. The van der Waals surface area contributed by atoms with Crippen molar-refractivity contribution < 1.29 is 13.2 Å². The SMILES string of the molecule is Cc1ccc(S(=O)(=O)Nc2ccccc2C(=O)Nc2ccccc2)s1. The van der Waals surface area contributed by atoms with Gasteiger partial charge in [-0.1, -0.05) is 30.3 Å². The van der Waals surface area contributed by atoms with Crippen molar-refractivity contribution in [3.05, 3.63) is 77.2 Å². The van der Waals surface area contributed by atoms with Crippen molar-refractivity contribution in [1.82, 2.24) is 0 Å². The summed E-state index contributed by atoms with van der Waals surface area (Å²) in [4.78, 5) is 13.4. The molecule has 0 saturated heterocycles. The molecule has 0 aliphatic heterocycles. The standard InChI is InChI=1S/C18H16N2O3S2/c1-13-11-12-17(24-13)25(22,23)20-16-10-6-5-9-15(16)18(21)19-14-7-3-2-4-8-14/h2-12,20H,1H3,(H,19,21). The van der Waals surface area contributed by atoms with Gasteiger partial charge in [0.1, 0.15) is 4.21 Å². The first-order valence-electron chi connectivity index (χ1n) is 7.50. The number of sulfonamides is 1. The number of carbonyl (C=O) groups is 1. The monoisotopic (exact) mass is 372 g/mol. The van der Waals surface area contributed by atoms with Gasteiger partial charge in [0.2, 0.25) is 0 Å². The Morgan fingerprint density at radius 1 is 0.920 bits per heavy atom. The normalized spacial score (nSPS) is 11.1. The molecule has 5 nitrogen and oxygen atoms in total. The minimum Gasteiger partial charge on any atom is -0.322 e. The molecule has 3 rings (SSSR count). The highest BCUT2D eigenvalue weighted by Gasteiger charge is 2.20. The molecule has 0 spiro atoms. The van der Waals surface area contributed by atoms with E-state index in [0.717, 1.165) is 4.88 Å². The van der Waals surface area contributed by atoms with Crippen molar-refractivity contribution in [3.63, 3.8) is 0 Å². The van der Waals surface area contributed by atoms with Crippen LogP contribution in [-0.4, -0.2) is 14.3 Å². The zero-order valence-electron chi connectivity index (χ0n) is 13.4. The number of amides is 1. The number of rotatable bonds is 5. The summed E-state index contributed by atoms with van der Waals surface area (Å²) < 4.78 is 27.7.